The highest BCUT2D eigenvalue weighted by atomic mass is 16.4. The third-order valence-corrected chi connectivity index (χ3v) is 4.44. The predicted octanol–water partition coefficient (Wildman–Crippen LogP) is 1.06. The number of anilines is 1. The third kappa shape index (κ3) is 1.98. The molecule has 1 aromatic carbocycles. The minimum atomic E-state index is -0.870. The summed E-state index contributed by atoms with van der Waals surface area (Å²) in [5, 5.41) is 12.5. The second-order valence-electron chi connectivity index (χ2n) is 5.61. The summed E-state index contributed by atoms with van der Waals surface area (Å²) in [4.78, 5) is 25.6. The Hall–Kier alpha value is -1.88. The van der Waals surface area contributed by atoms with Crippen molar-refractivity contribution in [2.24, 2.45) is 11.8 Å². The van der Waals surface area contributed by atoms with Crippen LogP contribution in [0.4, 0.5) is 5.69 Å². The van der Waals surface area contributed by atoms with Gasteiger partial charge in [0.15, 0.2) is 0 Å². The number of carbonyl (C=O) groups is 2. The average molecular weight is 274 g/mol. The highest BCUT2D eigenvalue weighted by Gasteiger charge is 2.39. The number of hydrogen-bond acceptors (Lipinski definition) is 3. The molecular formula is C15H18N2O3. The molecule has 0 aliphatic carbocycles. The van der Waals surface area contributed by atoms with Crippen molar-refractivity contribution in [3.05, 3.63) is 29.8 Å². The standard InChI is InChI=1S/C15H18N2O3/c1-9(10-6-16-7-10)14(18)17-8-12(15(19)20)11-4-2-3-5-13(11)17/h2-5,9-10,12,16H,6-8H2,1H3,(H,19,20). The summed E-state index contributed by atoms with van der Waals surface area (Å²) in [6.07, 6.45) is 0. The van der Waals surface area contributed by atoms with E-state index in [0.717, 1.165) is 24.3 Å². The lowest BCUT2D eigenvalue weighted by atomic mass is 9.88. The molecule has 1 aromatic rings. The van der Waals surface area contributed by atoms with E-state index in [-0.39, 0.29) is 18.4 Å². The van der Waals surface area contributed by atoms with Crippen LogP contribution in [0.5, 0.6) is 0 Å². The average Bonchev–Trinajstić information content (AvgIpc) is 2.75. The molecule has 2 N–H and O–H groups in total. The number of carboxylic acids is 1. The molecule has 1 saturated heterocycles. The van der Waals surface area contributed by atoms with Gasteiger partial charge < -0.3 is 15.3 Å². The van der Waals surface area contributed by atoms with E-state index in [1.54, 1.807) is 11.0 Å². The van der Waals surface area contributed by atoms with Crippen molar-refractivity contribution >= 4 is 17.6 Å². The molecule has 0 bridgehead atoms. The molecule has 2 aliphatic rings. The summed E-state index contributed by atoms with van der Waals surface area (Å²) in [6.45, 7) is 3.91. The SMILES string of the molecule is CC(C(=O)N1CC(C(=O)O)c2ccccc21)C1CNC1. The number of benzene rings is 1. The van der Waals surface area contributed by atoms with Crippen LogP contribution in [0.15, 0.2) is 24.3 Å². The number of carboxylic acid groups (broad SMARTS) is 1. The van der Waals surface area contributed by atoms with E-state index in [2.05, 4.69) is 5.32 Å². The fourth-order valence-electron chi connectivity index (χ4n) is 2.94. The van der Waals surface area contributed by atoms with E-state index in [1.807, 2.05) is 25.1 Å². The monoisotopic (exact) mass is 274 g/mol. The molecule has 3 rings (SSSR count). The van der Waals surface area contributed by atoms with Gasteiger partial charge in [-0.25, -0.2) is 0 Å². The first-order valence-corrected chi connectivity index (χ1v) is 6.93. The van der Waals surface area contributed by atoms with Crippen molar-refractivity contribution in [1.82, 2.24) is 5.32 Å². The number of carbonyl (C=O) groups excluding carboxylic acids is 1. The maximum absolute atomic E-state index is 12.6. The number of hydrogen-bond donors (Lipinski definition) is 2. The molecule has 0 spiro atoms. The predicted molar refractivity (Wildman–Crippen MR) is 74.7 cm³/mol. The molecule has 1 amide bonds. The molecule has 0 radical (unpaired) electrons. The van der Waals surface area contributed by atoms with E-state index < -0.39 is 11.9 Å². The second-order valence-corrected chi connectivity index (χ2v) is 5.61. The number of amides is 1. The zero-order chi connectivity index (χ0) is 14.3. The highest BCUT2D eigenvalue weighted by Crippen LogP contribution is 2.37. The smallest absolute Gasteiger partial charge is 0.312 e. The quantitative estimate of drug-likeness (QED) is 0.864. The fraction of sp³-hybridized carbons (Fsp3) is 0.467. The molecule has 1 fully saturated rings. The summed E-state index contributed by atoms with van der Waals surface area (Å²) < 4.78 is 0. The zero-order valence-electron chi connectivity index (χ0n) is 11.4. The van der Waals surface area contributed by atoms with E-state index in [4.69, 9.17) is 0 Å². The van der Waals surface area contributed by atoms with Crippen LogP contribution in [0.25, 0.3) is 0 Å². The lowest BCUT2D eigenvalue weighted by molar-refractivity contribution is -0.138. The lowest BCUT2D eigenvalue weighted by Gasteiger charge is -2.34. The molecule has 5 heteroatoms. The van der Waals surface area contributed by atoms with Crippen LogP contribution in [0, 0.1) is 11.8 Å². The number of rotatable bonds is 3. The molecule has 2 unspecified atom stereocenters. The Morgan fingerprint density at radius 2 is 2.05 bits per heavy atom. The summed E-state index contributed by atoms with van der Waals surface area (Å²) in [6, 6.07) is 7.31. The number of aliphatic carboxylic acids is 1. The second kappa shape index (κ2) is 4.90. The van der Waals surface area contributed by atoms with E-state index in [9.17, 15) is 14.7 Å². The number of para-hydroxylation sites is 1. The van der Waals surface area contributed by atoms with Crippen LogP contribution in [0.1, 0.15) is 18.4 Å². The minimum Gasteiger partial charge on any atom is -0.481 e. The first-order chi connectivity index (χ1) is 9.59. The van der Waals surface area contributed by atoms with Gasteiger partial charge in [0, 0.05) is 18.2 Å². The van der Waals surface area contributed by atoms with Crippen molar-refractivity contribution in [1.29, 1.82) is 0 Å². The lowest BCUT2D eigenvalue weighted by Crippen LogP contribution is -2.50. The van der Waals surface area contributed by atoms with Crippen molar-refractivity contribution in [2.45, 2.75) is 12.8 Å². The molecule has 2 heterocycles. The van der Waals surface area contributed by atoms with Gasteiger partial charge in [-0.05, 0) is 30.6 Å². The summed E-state index contributed by atoms with van der Waals surface area (Å²) in [5.74, 6) is -1.16. The van der Waals surface area contributed by atoms with Gasteiger partial charge in [0.05, 0.1) is 0 Å². The Bertz CT molecular complexity index is 554. The maximum atomic E-state index is 12.6. The van der Waals surface area contributed by atoms with Crippen LogP contribution in [0.3, 0.4) is 0 Å². The van der Waals surface area contributed by atoms with Crippen LogP contribution >= 0.6 is 0 Å². The van der Waals surface area contributed by atoms with E-state index >= 15 is 0 Å². The van der Waals surface area contributed by atoms with E-state index in [0.29, 0.717) is 5.92 Å². The van der Waals surface area contributed by atoms with Crippen molar-refractivity contribution < 1.29 is 14.7 Å². The molecule has 2 aliphatic heterocycles. The Balaban J connectivity index is 1.87. The largest absolute Gasteiger partial charge is 0.481 e. The van der Waals surface area contributed by atoms with Crippen LogP contribution in [0.2, 0.25) is 0 Å². The topological polar surface area (TPSA) is 69.6 Å². The molecule has 106 valence electrons. The first-order valence-electron chi connectivity index (χ1n) is 6.93. The molecule has 5 nitrogen and oxygen atoms in total. The Morgan fingerprint density at radius 3 is 2.65 bits per heavy atom. The van der Waals surface area contributed by atoms with Gasteiger partial charge in [-0.1, -0.05) is 25.1 Å². The number of nitrogens with zero attached hydrogens (tertiary/aromatic N) is 1. The van der Waals surface area contributed by atoms with Crippen LogP contribution in [-0.2, 0) is 9.59 Å². The fourth-order valence-corrected chi connectivity index (χ4v) is 2.94. The molecule has 20 heavy (non-hydrogen) atoms. The minimum absolute atomic E-state index is 0.0349. The Morgan fingerprint density at radius 1 is 1.35 bits per heavy atom. The van der Waals surface area contributed by atoms with Crippen molar-refractivity contribution in [2.75, 3.05) is 24.5 Å². The normalized spacial score (nSPS) is 23.1. The maximum Gasteiger partial charge on any atom is 0.312 e. The summed E-state index contributed by atoms with van der Waals surface area (Å²) in [5.41, 5.74) is 1.50. The summed E-state index contributed by atoms with van der Waals surface area (Å²) >= 11 is 0. The number of fused-ring (bicyclic) bond motifs is 1. The number of nitrogens with one attached hydrogen (secondary N) is 1. The highest BCUT2D eigenvalue weighted by molar-refractivity contribution is 6.00. The van der Waals surface area contributed by atoms with Gasteiger partial charge in [0.1, 0.15) is 5.92 Å². The third-order valence-electron chi connectivity index (χ3n) is 4.44. The molecule has 0 aromatic heterocycles. The molecule has 2 atom stereocenters. The van der Waals surface area contributed by atoms with Gasteiger partial charge in [-0.2, -0.15) is 0 Å². The van der Waals surface area contributed by atoms with Crippen molar-refractivity contribution in [3.63, 3.8) is 0 Å². The Kier molecular flexibility index (Phi) is 3.22. The zero-order valence-corrected chi connectivity index (χ0v) is 11.4. The van der Waals surface area contributed by atoms with Gasteiger partial charge in [0.25, 0.3) is 0 Å². The van der Waals surface area contributed by atoms with Gasteiger partial charge >= 0.3 is 5.97 Å². The van der Waals surface area contributed by atoms with E-state index in [1.165, 1.54) is 0 Å². The van der Waals surface area contributed by atoms with Gasteiger partial charge in [-0.15, -0.1) is 0 Å². The summed E-state index contributed by atoms with van der Waals surface area (Å²) in [7, 11) is 0. The first kappa shape index (κ1) is 13.1. The van der Waals surface area contributed by atoms with Crippen LogP contribution < -0.4 is 10.2 Å². The van der Waals surface area contributed by atoms with Gasteiger partial charge in [-0.3, -0.25) is 9.59 Å². The molecular weight excluding hydrogens is 256 g/mol. The Labute approximate surface area is 117 Å². The van der Waals surface area contributed by atoms with Gasteiger partial charge in [0.2, 0.25) is 5.91 Å². The van der Waals surface area contributed by atoms with Crippen molar-refractivity contribution in [3.8, 4) is 0 Å². The molecule has 0 saturated carbocycles. The van der Waals surface area contributed by atoms with Crippen LogP contribution in [-0.4, -0.2) is 36.6 Å².